The monoisotopic (exact) mass is 222 g/mol. The van der Waals surface area contributed by atoms with Crippen LogP contribution in [0.1, 0.15) is 46.0 Å². The average Bonchev–Trinajstić information content (AvgIpc) is 2.94. The highest BCUT2D eigenvalue weighted by Crippen LogP contribution is 2.59. The zero-order valence-electron chi connectivity index (χ0n) is 10.3. The summed E-state index contributed by atoms with van der Waals surface area (Å²) in [7, 11) is 0. The van der Waals surface area contributed by atoms with Crippen LogP contribution in [0.4, 0.5) is 0 Å². The Morgan fingerprint density at radius 2 is 1.94 bits per heavy atom. The van der Waals surface area contributed by atoms with Gasteiger partial charge in [0.1, 0.15) is 0 Å². The molecule has 5 rings (SSSR count). The first-order chi connectivity index (χ1) is 7.69. The van der Waals surface area contributed by atoms with Crippen molar-refractivity contribution >= 4 is 0 Å². The van der Waals surface area contributed by atoms with E-state index in [-0.39, 0.29) is 5.60 Å². The number of hydrogen-bond donors (Lipinski definition) is 0. The van der Waals surface area contributed by atoms with Gasteiger partial charge in [-0.1, -0.05) is 13.8 Å². The SMILES string of the molecule is CC1CC2OC2C(C23CC(CCC2C)O3)C1. The van der Waals surface area contributed by atoms with Gasteiger partial charge >= 0.3 is 0 Å². The van der Waals surface area contributed by atoms with Crippen molar-refractivity contribution in [3.8, 4) is 0 Å². The summed E-state index contributed by atoms with van der Waals surface area (Å²) in [5, 5.41) is 0. The molecule has 2 aliphatic carbocycles. The normalized spacial score (nSPS) is 63.4. The highest BCUT2D eigenvalue weighted by molar-refractivity contribution is 5.13. The molecule has 5 fully saturated rings. The molecule has 7 atom stereocenters. The molecule has 2 saturated carbocycles. The topological polar surface area (TPSA) is 21.8 Å². The van der Waals surface area contributed by atoms with Crippen molar-refractivity contribution in [2.75, 3.05) is 0 Å². The first-order valence-corrected chi connectivity index (χ1v) is 7.02. The first kappa shape index (κ1) is 9.90. The largest absolute Gasteiger partial charge is 0.371 e. The third kappa shape index (κ3) is 1.15. The molecule has 0 aromatic rings. The van der Waals surface area contributed by atoms with Gasteiger partial charge in [0.15, 0.2) is 0 Å². The molecule has 16 heavy (non-hydrogen) atoms. The van der Waals surface area contributed by atoms with Gasteiger partial charge in [-0.15, -0.1) is 0 Å². The van der Waals surface area contributed by atoms with Crippen molar-refractivity contribution in [3.63, 3.8) is 0 Å². The molecule has 3 heterocycles. The van der Waals surface area contributed by atoms with Crippen molar-refractivity contribution in [2.24, 2.45) is 17.8 Å². The summed E-state index contributed by atoms with van der Waals surface area (Å²) in [6, 6.07) is 0. The Hall–Kier alpha value is -0.0800. The number of fused-ring (bicyclic) bond motifs is 3. The standard InChI is InChI=1S/C14H22O2/c1-8-5-11(13-12(6-8)15-13)14-7-10(16-14)4-3-9(14)2/h8-13H,3-7H2,1-2H3. The van der Waals surface area contributed by atoms with Crippen LogP contribution in [-0.2, 0) is 9.47 Å². The smallest absolute Gasteiger partial charge is 0.0897 e. The minimum atomic E-state index is 0.219. The predicted molar refractivity (Wildman–Crippen MR) is 61.2 cm³/mol. The van der Waals surface area contributed by atoms with E-state index in [0.717, 1.165) is 11.8 Å². The maximum atomic E-state index is 6.28. The van der Waals surface area contributed by atoms with E-state index in [1.54, 1.807) is 0 Å². The fourth-order valence-electron chi connectivity index (χ4n) is 4.66. The van der Waals surface area contributed by atoms with E-state index in [1.165, 1.54) is 32.1 Å². The van der Waals surface area contributed by atoms with E-state index < -0.39 is 0 Å². The molecule has 7 unspecified atom stereocenters. The molecule has 0 spiro atoms. The van der Waals surface area contributed by atoms with E-state index >= 15 is 0 Å². The first-order valence-electron chi connectivity index (χ1n) is 7.02. The lowest BCUT2D eigenvalue weighted by Crippen LogP contribution is -2.64. The summed E-state index contributed by atoms with van der Waals surface area (Å²) in [5.74, 6) is 2.28. The lowest BCUT2D eigenvalue weighted by atomic mass is 9.59. The van der Waals surface area contributed by atoms with Gasteiger partial charge < -0.3 is 9.47 Å². The van der Waals surface area contributed by atoms with E-state index in [2.05, 4.69) is 13.8 Å². The van der Waals surface area contributed by atoms with Crippen LogP contribution in [0, 0.1) is 17.8 Å². The van der Waals surface area contributed by atoms with E-state index in [9.17, 15) is 0 Å². The van der Waals surface area contributed by atoms with Gasteiger partial charge in [-0.05, 0) is 37.5 Å². The minimum Gasteiger partial charge on any atom is -0.371 e. The second kappa shape index (κ2) is 3.02. The van der Waals surface area contributed by atoms with Crippen LogP contribution in [0.3, 0.4) is 0 Å². The number of ether oxygens (including phenoxy) is 2. The molecule has 0 aromatic carbocycles. The summed E-state index contributed by atoms with van der Waals surface area (Å²) in [6.45, 7) is 4.78. The van der Waals surface area contributed by atoms with Crippen molar-refractivity contribution in [3.05, 3.63) is 0 Å². The molecule has 2 nitrogen and oxygen atoms in total. The maximum absolute atomic E-state index is 6.28. The zero-order chi connectivity index (χ0) is 10.9. The molecule has 0 N–H and O–H groups in total. The second-order valence-electron chi connectivity index (χ2n) is 6.70. The highest BCUT2D eigenvalue weighted by atomic mass is 16.6. The number of rotatable bonds is 1. The van der Waals surface area contributed by atoms with Gasteiger partial charge in [0.25, 0.3) is 0 Å². The molecule has 90 valence electrons. The Balaban J connectivity index is 1.60. The van der Waals surface area contributed by atoms with Crippen LogP contribution in [0.15, 0.2) is 0 Å². The Labute approximate surface area is 97.7 Å². The molecule has 5 aliphatic rings. The maximum Gasteiger partial charge on any atom is 0.0897 e. The molecular weight excluding hydrogens is 200 g/mol. The molecule has 3 saturated heterocycles. The highest BCUT2D eigenvalue weighted by Gasteiger charge is 2.64. The predicted octanol–water partition coefficient (Wildman–Crippen LogP) is 2.76. The van der Waals surface area contributed by atoms with Gasteiger partial charge in [0.05, 0.1) is 23.9 Å². The van der Waals surface area contributed by atoms with Gasteiger partial charge in [-0.25, -0.2) is 0 Å². The number of epoxide rings is 1. The van der Waals surface area contributed by atoms with Gasteiger partial charge in [0.2, 0.25) is 0 Å². The van der Waals surface area contributed by atoms with Crippen molar-refractivity contribution in [1.82, 2.24) is 0 Å². The summed E-state index contributed by atoms with van der Waals surface area (Å²) in [6.07, 6.45) is 8.32. The van der Waals surface area contributed by atoms with E-state index in [0.29, 0.717) is 24.2 Å². The summed E-state index contributed by atoms with van der Waals surface area (Å²) < 4.78 is 12.2. The third-order valence-corrected chi connectivity index (χ3v) is 5.63. The Morgan fingerprint density at radius 3 is 2.69 bits per heavy atom. The van der Waals surface area contributed by atoms with E-state index in [4.69, 9.17) is 9.47 Å². The van der Waals surface area contributed by atoms with Crippen LogP contribution in [-0.4, -0.2) is 23.9 Å². The summed E-state index contributed by atoms with van der Waals surface area (Å²) >= 11 is 0. The van der Waals surface area contributed by atoms with Gasteiger partial charge in [-0.3, -0.25) is 0 Å². The lowest BCUT2D eigenvalue weighted by molar-refractivity contribution is -0.291. The average molecular weight is 222 g/mol. The molecular formula is C14H22O2. The van der Waals surface area contributed by atoms with Gasteiger partial charge in [-0.2, -0.15) is 0 Å². The molecule has 0 radical (unpaired) electrons. The molecule has 2 bridgehead atoms. The fourth-order valence-corrected chi connectivity index (χ4v) is 4.66. The molecule has 0 amide bonds. The van der Waals surface area contributed by atoms with Crippen LogP contribution >= 0.6 is 0 Å². The quantitative estimate of drug-likeness (QED) is 0.636. The summed E-state index contributed by atoms with van der Waals surface area (Å²) in [5.41, 5.74) is 0.219. The fraction of sp³-hybridized carbons (Fsp3) is 1.00. The molecule has 0 aromatic heterocycles. The van der Waals surface area contributed by atoms with E-state index in [1.807, 2.05) is 0 Å². The van der Waals surface area contributed by atoms with Crippen molar-refractivity contribution < 1.29 is 9.47 Å². The minimum absolute atomic E-state index is 0.219. The van der Waals surface area contributed by atoms with Crippen molar-refractivity contribution in [2.45, 2.75) is 69.9 Å². The molecule has 2 heteroatoms. The Kier molecular flexibility index (Phi) is 1.87. The zero-order valence-corrected chi connectivity index (χ0v) is 10.3. The lowest BCUT2D eigenvalue weighted by Gasteiger charge is -2.60. The summed E-state index contributed by atoms with van der Waals surface area (Å²) in [4.78, 5) is 0. The molecule has 3 aliphatic heterocycles. The number of hydrogen-bond acceptors (Lipinski definition) is 2. The van der Waals surface area contributed by atoms with Crippen LogP contribution in [0.25, 0.3) is 0 Å². The Bertz CT molecular complexity index is 308. The van der Waals surface area contributed by atoms with Crippen LogP contribution < -0.4 is 0 Å². The Morgan fingerprint density at radius 1 is 1.12 bits per heavy atom. The third-order valence-electron chi connectivity index (χ3n) is 5.63. The van der Waals surface area contributed by atoms with Crippen LogP contribution in [0.5, 0.6) is 0 Å². The second-order valence-corrected chi connectivity index (χ2v) is 6.70. The van der Waals surface area contributed by atoms with Crippen molar-refractivity contribution in [1.29, 1.82) is 0 Å². The van der Waals surface area contributed by atoms with Crippen LogP contribution in [0.2, 0.25) is 0 Å². The van der Waals surface area contributed by atoms with Gasteiger partial charge in [0, 0.05) is 12.3 Å².